The summed E-state index contributed by atoms with van der Waals surface area (Å²) in [6.45, 7) is 3.50. The normalized spacial score (nSPS) is 11.8. The molecule has 2 amide bonds. The number of esters is 1. The lowest BCUT2D eigenvalue weighted by Gasteiger charge is -2.21. The molecule has 0 aliphatic carbocycles. The average Bonchev–Trinajstić information content (AvgIpc) is 2.26. The molecule has 0 aliphatic heterocycles. The first-order valence-electron chi connectivity index (χ1n) is 5.59. The van der Waals surface area contributed by atoms with Gasteiger partial charge in [-0.2, -0.15) is 0 Å². The van der Waals surface area contributed by atoms with Crippen molar-refractivity contribution >= 4 is 18.0 Å². The number of carboxylic acids is 1. The van der Waals surface area contributed by atoms with Crippen molar-refractivity contribution in [2.75, 3.05) is 20.7 Å². The van der Waals surface area contributed by atoms with E-state index in [0.717, 1.165) is 4.90 Å². The molecule has 0 spiro atoms. The Morgan fingerprint density at radius 1 is 1.33 bits per heavy atom. The third kappa shape index (κ3) is 6.07. The average molecular weight is 260 g/mol. The van der Waals surface area contributed by atoms with Gasteiger partial charge in [-0.25, -0.2) is 9.59 Å². The standard InChI is InChI=1S/C11H20N2O5/c1-7(2)5-8(10(15)16)12-11(17)13(3)6-9(14)18-4/h7-8H,5-6H2,1-4H3,(H,12,17)(H,15,16)/t8-/m0/s1. The molecule has 0 unspecified atom stereocenters. The fourth-order valence-corrected chi connectivity index (χ4v) is 1.28. The zero-order valence-corrected chi connectivity index (χ0v) is 11.1. The Balaban J connectivity index is 4.41. The van der Waals surface area contributed by atoms with Crippen molar-refractivity contribution in [3.8, 4) is 0 Å². The second kappa shape index (κ2) is 7.52. The number of urea groups is 1. The lowest BCUT2D eigenvalue weighted by Crippen LogP contribution is -2.48. The quantitative estimate of drug-likeness (QED) is 0.670. The van der Waals surface area contributed by atoms with Crippen molar-refractivity contribution in [3.63, 3.8) is 0 Å². The topological polar surface area (TPSA) is 95.9 Å². The molecule has 0 aromatic heterocycles. The number of nitrogens with zero attached hydrogens (tertiary/aromatic N) is 1. The molecular formula is C11H20N2O5. The Morgan fingerprint density at radius 3 is 2.28 bits per heavy atom. The zero-order valence-electron chi connectivity index (χ0n) is 11.1. The first kappa shape index (κ1) is 16.2. The number of amides is 2. The third-order valence-corrected chi connectivity index (χ3v) is 2.24. The minimum Gasteiger partial charge on any atom is -0.480 e. The summed E-state index contributed by atoms with van der Waals surface area (Å²) in [6, 6.07) is -1.58. The minimum atomic E-state index is -1.09. The van der Waals surface area contributed by atoms with Crippen molar-refractivity contribution in [2.24, 2.45) is 5.92 Å². The molecule has 7 heteroatoms. The van der Waals surface area contributed by atoms with Crippen LogP contribution in [0.2, 0.25) is 0 Å². The van der Waals surface area contributed by atoms with Gasteiger partial charge in [0, 0.05) is 7.05 Å². The summed E-state index contributed by atoms with van der Waals surface area (Å²) in [4.78, 5) is 34.6. The molecule has 0 heterocycles. The fraction of sp³-hybridized carbons (Fsp3) is 0.727. The molecule has 0 saturated carbocycles. The highest BCUT2D eigenvalue weighted by molar-refractivity contribution is 5.84. The van der Waals surface area contributed by atoms with E-state index in [1.54, 1.807) is 0 Å². The van der Waals surface area contributed by atoms with Crippen molar-refractivity contribution in [3.05, 3.63) is 0 Å². The molecule has 0 fully saturated rings. The van der Waals surface area contributed by atoms with Crippen molar-refractivity contribution in [1.82, 2.24) is 10.2 Å². The van der Waals surface area contributed by atoms with Crippen LogP contribution in [0.4, 0.5) is 4.79 Å². The molecule has 0 radical (unpaired) electrons. The van der Waals surface area contributed by atoms with Gasteiger partial charge in [0.25, 0.3) is 0 Å². The van der Waals surface area contributed by atoms with Gasteiger partial charge in [0.05, 0.1) is 7.11 Å². The summed E-state index contributed by atoms with van der Waals surface area (Å²) in [5, 5.41) is 11.3. The summed E-state index contributed by atoms with van der Waals surface area (Å²) in [5.41, 5.74) is 0. The van der Waals surface area contributed by atoms with E-state index >= 15 is 0 Å². The van der Waals surface area contributed by atoms with Gasteiger partial charge in [0.2, 0.25) is 0 Å². The number of nitrogens with one attached hydrogen (secondary N) is 1. The number of carboxylic acid groups (broad SMARTS) is 1. The van der Waals surface area contributed by atoms with Crippen LogP contribution in [-0.2, 0) is 14.3 Å². The van der Waals surface area contributed by atoms with Crippen LogP contribution in [0.15, 0.2) is 0 Å². The highest BCUT2D eigenvalue weighted by Crippen LogP contribution is 2.05. The maximum absolute atomic E-state index is 11.6. The van der Waals surface area contributed by atoms with Crippen molar-refractivity contribution in [2.45, 2.75) is 26.3 Å². The summed E-state index contributed by atoms with van der Waals surface area (Å²) in [6.07, 6.45) is 0.327. The van der Waals surface area contributed by atoms with Crippen LogP contribution in [0, 0.1) is 5.92 Å². The van der Waals surface area contributed by atoms with E-state index in [9.17, 15) is 14.4 Å². The fourth-order valence-electron chi connectivity index (χ4n) is 1.28. The van der Waals surface area contributed by atoms with Gasteiger partial charge in [-0.15, -0.1) is 0 Å². The van der Waals surface area contributed by atoms with E-state index in [1.807, 2.05) is 13.8 Å². The predicted octanol–water partition coefficient (Wildman–Crippen LogP) is 0.300. The first-order chi connectivity index (χ1) is 8.27. The molecule has 104 valence electrons. The number of hydrogen-bond acceptors (Lipinski definition) is 4. The highest BCUT2D eigenvalue weighted by atomic mass is 16.5. The molecular weight excluding hydrogens is 240 g/mol. The number of aliphatic carboxylic acids is 1. The van der Waals surface area contributed by atoms with Crippen LogP contribution >= 0.6 is 0 Å². The lowest BCUT2D eigenvalue weighted by molar-refractivity contribution is -0.141. The second-order valence-corrected chi connectivity index (χ2v) is 4.40. The Bertz CT molecular complexity index is 317. The summed E-state index contributed by atoms with van der Waals surface area (Å²) in [7, 11) is 2.60. The van der Waals surface area contributed by atoms with Gasteiger partial charge in [0.1, 0.15) is 12.6 Å². The maximum Gasteiger partial charge on any atom is 0.326 e. The first-order valence-corrected chi connectivity index (χ1v) is 5.59. The minimum absolute atomic E-state index is 0.136. The van der Waals surface area contributed by atoms with Crippen LogP contribution in [0.1, 0.15) is 20.3 Å². The third-order valence-electron chi connectivity index (χ3n) is 2.24. The molecule has 0 saturated heterocycles. The monoisotopic (exact) mass is 260 g/mol. The van der Waals surface area contributed by atoms with E-state index in [2.05, 4.69) is 10.1 Å². The van der Waals surface area contributed by atoms with Crippen molar-refractivity contribution < 1.29 is 24.2 Å². The Kier molecular flexibility index (Phi) is 6.77. The van der Waals surface area contributed by atoms with Crippen LogP contribution in [-0.4, -0.2) is 54.7 Å². The SMILES string of the molecule is COC(=O)CN(C)C(=O)N[C@@H](CC(C)C)C(=O)O. The zero-order chi connectivity index (χ0) is 14.3. The molecule has 0 aromatic carbocycles. The van der Waals surface area contributed by atoms with Gasteiger partial charge >= 0.3 is 18.0 Å². The van der Waals surface area contributed by atoms with Gasteiger partial charge < -0.3 is 20.1 Å². The van der Waals surface area contributed by atoms with Gasteiger partial charge in [-0.3, -0.25) is 4.79 Å². The van der Waals surface area contributed by atoms with E-state index in [4.69, 9.17) is 5.11 Å². The number of rotatable bonds is 6. The number of likely N-dealkylation sites (N-methyl/N-ethyl adjacent to an activating group) is 1. The Labute approximate surface area is 106 Å². The number of methoxy groups -OCH3 is 1. The van der Waals surface area contributed by atoms with Gasteiger partial charge in [-0.05, 0) is 12.3 Å². The molecule has 0 aliphatic rings. The molecule has 18 heavy (non-hydrogen) atoms. The van der Waals surface area contributed by atoms with E-state index in [0.29, 0.717) is 6.42 Å². The largest absolute Gasteiger partial charge is 0.480 e. The Morgan fingerprint density at radius 2 is 1.89 bits per heavy atom. The van der Waals surface area contributed by atoms with E-state index in [1.165, 1.54) is 14.2 Å². The molecule has 7 nitrogen and oxygen atoms in total. The summed E-state index contributed by atoms with van der Waals surface area (Å²) < 4.78 is 4.41. The van der Waals surface area contributed by atoms with Crippen molar-refractivity contribution in [1.29, 1.82) is 0 Å². The number of hydrogen-bond donors (Lipinski definition) is 2. The van der Waals surface area contributed by atoms with E-state index < -0.39 is 24.0 Å². The number of carbonyl (C=O) groups excluding carboxylic acids is 2. The summed E-state index contributed by atoms with van der Waals surface area (Å²) >= 11 is 0. The van der Waals surface area contributed by atoms with Gasteiger partial charge in [0.15, 0.2) is 0 Å². The van der Waals surface area contributed by atoms with Gasteiger partial charge in [-0.1, -0.05) is 13.8 Å². The number of ether oxygens (including phenoxy) is 1. The number of carbonyl (C=O) groups is 3. The van der Waals surface area contributed by atoms with Crippen LogP contribution in [0.3, 0.4) is 0 Å². The molecule has 0 rings (SSSR count). The maximum atomic E-state index is 11.6. The predicted molar refractivity (Wildman–Crippen MR) is 64.1 cm³/mol. The second-order valence-electron chi connectivity index (χ2n) is 4.40. The Hall–Kier alpha value is -1.79. The van der Waals surface area contributed by atoms with E-state index in [-0.39, 0.29) is 12.5 Å². The smallest absolute Gasteiger partial charge is 0.326 e. The highest BCUT2D eigenvalue weighted by Gasteiger charge is 2.23. The van der Waals surface area contributed by atoms with Crippen LogP contribution < -0.4 is 5.32 Å². The summed E-state index contributed by atoms with van der Waals surface area (Å²) in [5.74, 6) is -1.52. The molecule has 0 bridgehead atoms. The lowest BCUT2D eigenvalue weighted by atomic mass is 10.0. The van der Waals surface area contributed by atoms with Crippen LogP contribution in [0.25, 0.3) is 0 Å². The molecule has 2 N–H and O–H groups in total. The van der Waals surface area contributed by atoms with Crippen LogP contribution in [0.5, 0.6) is 0 Å². The molecule has 1 atom stereocenters. The molecule has 0 aromatic rings.